The lowest BCUT2D eigenvalue weighted by molar-refractivity contribution is 0.0695. The summed E-state index contributed by atoms with van der Waals surface area (Å²) in [5.41, 5.74) is 0.547. The van der Waals surface area contributed by atoms with Crippen LogP contribution >= 0.6 is 11.6 Å². The van der Waals surface area contributed by atoms with Gasteiger partial charge in [-0.2, -0.15) is 0 Å². The number of aromatic carboxylic acids is 1. The Labute approximate surface area is 95.5 Å². The number of aryl methyl sites for hydroxylation is 1. The molecular weight excluding hydrogens is 230 g/mol. The van der Waals surface area contributed by atoms with Gasteiger partial charge in [-0.3, -0.25) is 4.79 Å². The van der Waals surface area contributed by atoms with Gasteiger partial charge in [-0.15, -0.1) is 0 Å². The molecule has 5 heteroatoms. The number of aromatic nitrogens is 1. The summed E-state index contributed by atoms with van der Waals surface area (Å²) < 4.78 is 0. The molecule has 0 unspecified atom stereocenters. The van der Waals surface area contributed by atoms with Gasteiger partial charge in [0.2, 0.25) is 5.43 Å². The highest BCUT2D eigenvalue weighted by Gasteiger charge is 2.14. The number of benzene rings is 1. The quantitative estimate of drug-likeness (QED) is 0.799. The second-order valence-electron chi connectivity index (χ2n) is 3.45. The van der Waals surface area contributed by atoms with Crippen molar-refractivity contribution in [2.24, 2.45) is 0 Å². The molecule has 0 spiro atoms. The first-order chi connectivity index (χ1) is 7.52. The second kappa shape index (κ2) is 3.64. The maximum atomic E-state index is 11.9. The largest absolute Gasteiger partial charge is 0.477 e. The normalized spacial score (nSPS) is 10.6. The lowest BCUT2D eigenvalue weighted by Gasteiger charge is -2.04. The van der Waals surface area contributed by atoms with Gasteiger partial charge in [-0.25, -0.2) is 4.79 Å². The van der Waals surface area contributed by atoms with E-state index in [0.29, 0.717) is 5.52 Å². The van der Waals surface area contributed by atoms with Crippen LogP contribution in [0.4, 0.5) is 0 Å². The smallest absolute Gasteiger partial charge is 0.341 e. The fraction of sp³-hybridized carbons (Fsp3) is 0.0909. The van der Waals surface area contributed by atoms with Gasteiger partial charge in [0.25, 0.3) is 0 Å². The summed E-state index contributed by atoms with van der Waals surface area (Å²) in [4.78, 5) is 25.4. The van der Waals surface area contributed by atoms with Crippen molar-refractivity contribution in [3.05, 3.63) is 44.7 Å². The van der Waals surface area contributed by atoms with Gasteiger partial charge >= 0.3 is 5.97 Å². The lowest BCUT2D eigenvalue weighted by Crippen LogP contribution is -2.15. The van der Waals surface area contributed by atoms with Crippen LogP contribution in [0.2, 0.25) is 5.02 Å². The molecule has 0 aliphatic rings. The van der Waals surface area contributed by atoms with Crippen molar-refractivity contribution in [2.45, 2.75) is 6.92 Å². The molecule has 4 nitrogen and oxygen atoms in total. The Kier molecular flexibility index (Phi) is 2.44. The molecule has 0 bridgehead atoms. The van der Waals surface area contributed by atoms with Crippen molar-refractivity contribution in [2.75, 3.05) is 0 Å². The Bertz CT molecular complexity index is 645. The van der Waals surface area contributed by atoms with Crippen LogP contribution in [0.25, 0.3) is 10.9 Å². The molecule has 1 aromatic heterocycles. The van der Waals surface area contributed by atoms with Crippen LogP contribution in [0.3, 0.4) is 0 Å². The Morgan fingerprint density at radius 1 is 1.44 bits per heavy atom. The molecule has 2 rings (SSSR count). The van der Waals surface area contributed by atoms with Crippen LogP contribution in [0, 0.1) is 6.92 Å². The van der Waals surface area contributed by atoms with Crippen molar-refractivity contribution in [3.8, 4) is 0 Å². The van der Waals surface area contributed by atoms with Crippen molar-refractivity contribution in [3.63, 3.8) is 0 Å². The number of H-pyrrole nitrogens is 1. The molecule has 16 heavy (non-hydrogen) atoms. The van der Waals surface area contributed by atoms with Crippen molar-refractivity contribution in [1.82, 2.24) is 4.98 Å². The molecule has 0 radical (unpaired) electrons. The summed E-state index contributed by atoms with van der Waals surface area (Å²) in [5, 5.41) is 9.30. The third-order valence-corrected chi connectivity index (χ3v) is 2.74. The number of rotatable bonds is 1. The Hall–Kier alpha value is -1.81. The average Bonchev–Trinajstić information content (AvgIpc) is 2.23. The minimum absolute atomic E-state index is 0.224. The fourth-order valence-corrected chi connectivity index (χ4v) is 1.84. The molecule has 0 amide bonds. The number of halogens is 1. The average molecular weight is 238 g/mol. The first kappa shape index (κ1) is 10.7. The van der Waals surface area contributed by atoms with Gasteiger partial charge in [0.1, 0.15) is 5.56 Å². The van der Waals surface area contributed by atoms with Crippen molar-refractivity contribution in [1.29, 1.82) is 0 Å². The van der Waals surface area contributed by atoms with Crippen LogP contribution in [0.5, 0.6) is 0 Å². The summed E-state index contributed by atoms with van der Waals surface area (Å²) in [5.74, 6) is -1.26. The maximum absolute atomic E-state index is 11.9. The number of carbonyl (C=O) groups is 1. The number of hydrogen-bond donors (Lipinski definition) is 2. The molecule has 1 heterocycles. The molecule has 0 fully saturated rings. The Balaban J connectivity index is 3.00. The van der Waals surface area contributed by atoms with E-state index in [0.717, 1.165) is 5.56 Å². The molecule has 0 saturated heterocycles. The van der Waals surface area contributed by atoms with Crippen LogP contribution in [0.1, 0.15) is 15.9 Å². The van der Waals surface area contributed by atoms with Crippen molar-refractivity contribution >= 4 is 28.5 Å². The summed E-state index contributed by atoms with van der Waals surface area (Å²) in [6.07, 6.45) is 1.19. The zero-order valence-electron chi connectivity index (χ0n) is 8.37. The van der Waals surface area contributed by atoms with E-state index < -0.39 is 11.4 Å². The van der Waals surface area contributed by atoms with E-state index >= 15 is 0 Å². The third-order valence-electron chi connectivity index (χ3n) is 2.43. The molecule has 0 saturated carbocycles. The van der Waals surface area contributed by atoms with E-state index in [1.807, 2.05) is 6.92 Å². The lowest BCUT2D eigenvalue weighted by atomic mass is 10.1. The number of carboxylic acid groups (broad SMARTS) is 1. The maximum Gasteiger partial charge on any atom is 0.341 e. The third kappa shape index (κ3) is 1.47. The molecule has 2 aromatic rings. The first-order valence-corrected chi connectivity index (χ1v) is 4.94. The highest BCUT2D eigenvalue weighted by molar-refractivity contribution is 6.35. The van der Waals surface area contributed by atoms with Gasteiger partial charge in [0.05, 0.1) is 15.9 Å². The summed E-state index contributed by atoms with van der Waals surface area (Å²) >= 11 is 5.90. The monoisotopic (exact) mass is 237 g/mol. The molecule has 1 aromatic carbocycles. The van der Waals surface area contributed by atoms with Crippen molar-refractivity contribution < 1.29 is 9.90 Å². The van der Waals surface area contributed by atoms with Crippen LogP contribution in [-0.2, 0) is 0 Å². The van der Waals surface area contributed by atoms with Crippen LogP contribution in [0.15, 0.2) is 23.1 Å². The SMILES string of the molecule is Cc1ccc(Cl)c2c(=O)c(C(=O)O)c[nH]c12. The zero-order chi connectivity index (χ0) is 11.9. The molecule has 2 N–H and O–H groups in total. The number of carboxylic acids is 1. The van der Waals surface area contributed by atoms with Gasteiger partial charge in [-0.05, 0) is 18.6 Å². The number of aromatic amines is 1. The topological polar surface area (TPSA) is 70.2 Å². The zero-order valence-corrected chi connectivity index (χ0v) is 9.13. The molecule has 0 aliphatic carbocycles. The van der Waals surface area contributed by atoms with E-state index in [-0.39, 0.29) is 16.0 Å². The summed E-state index contributed by atoms with van der Waals surface area (Å²) in [6.45, 7) is 1.81. The highest BCUT2D eigenvalue weighted by Crippen LogP contribution is 2.21. The minimum Gasteiger partial charge on any atom is -0.477 e. The van der Waals surface area contributed by atoms with Crippen LogP contribution < -0.4 is 5.43 Å². The van der Waals surface area contributed by atoms with E-state index in [9.17, 15) is 9.59 Å². The molecule has 0 aliphatic heterocycles. The standard InChI is InChI=1S/C11H8ClNO3/c1-5-2-3-7(12)8-9(5)13-4-6(10(8)14)11(15)16/h2-4H,1H3,(H,13,14)(H,15,16). The second-order valence-corrected chi connectivity index (χ2v) is 3.86. The van der Waals surface area contributed by atoms with Gasteiger partial charge in [-0.1, -0.05) is 17.7 Å². The van der Waals surface area contributed by atoms with E-state index in [1.165, 1.54) is 6.20 Å². The number of pyridine rings is 1. The first-order valence-electron chi connectivity index (χ1n) is 4.56. The predicted octanol–water partition coefficient (Wildman–Crippen LogP) is 2.19. The van der Waals surface area contributed by atoms with E-state index in [1.54, 1.807) is 12.1 Å². The highest BCUT2D eigenvalue weighted by atomic mass is 35.5. The van der Waals surface area contributed by atoms with Gasteiger partial charge in [0.15, 0.2) is 0 Å². The Morgan fingerprint density at radius 3 is 2.75 bits per heavy atom. The van der Waals surface area contributed by atoms with Gasteiger partial charge < -0.3 is 10.1 Å². The summed E-state index contributed by atoms with van der Waals surface area (Å²) in [7, 11) is 0. The van der Waals surface area contributed by atoms with E-state index in [2.05, 4.69) is 4.98 Å². The van der Waals surface area contributed by atoms with E-state index in [4.69, 9.17) is 16.7 Å². The number of hydrogen-bond acceptors (Lipinski definition) is 2. The Morgan fingerprint density at radius 2 is 2.12 bits per heavy atom. The van der Waals surface area contributed by atoms with Gasteiger partial charge in [0, 0.05) is 6.20 Å². The van der Waals surface area contributed by atoms with Crippen LogP contribution in [-0.4, -0.2) is 16.1 Å². The minimum atomic E-state index is -1.26. The molecule has 82 valence electrons. The molecular formula is C11H8ClNO3. The number of fused-ring (bicyclic) bond motifs is 1. The predicted molar refractivity (Wildman–Crippen MR) is 61.3 cm³/mol. The molecule has 0 atom stereocenters. The number of nitrogens with one attached hydrogen (secondary N) is 1. The fourth-order valence-electron chi connectivity index (χ4n) is 1.59. The summed E-state index contributed by atoms with van der Waals surface area (Å²) in [6, 6.07) is 3.35.